The van der Waals surface area contributed by atoms with Crippen molar-refractivity contribution in [2.75, 3.05) is 18.4 Å². The Morgan fingerprint density at radius 2 is 1.80 bits per heavy atom. The Balaban J connectivity index is 2.30. The first-order valence-electron chi connectivity index (χ1n) is 5.22. The first-order chi connectivity index (χ1) is 6.99. The van der Waals surface area contributed by atoms with Gasteiger partial charge >= 0.3 is 0 Å². The molecule has 0 bridgehead atoms. The van der Waals surface area contributed by atoms with Crippen LogP contribution in [0.15, 0.2) is 24.3 Å². The second-order valence-corrected chi connectivity index (χ2v) is 5.75. The Morgan fingerprint density at radius 3 is 2.40 bits per heavy atom. The number of nitrogens with one attached hydrogen (secondary N) is 2. The summed E-state index contributed by atoms with van der Waals surface area (Å²) < 4.78 is 1.27. The highest BCUT2D eigenvalue weighted by molar-refractivity contribution is 14.1. The Bertz CT molecular complexity index is 305. The molecular weight excluding hydrogens is 299 g/mol. The molecule has 2 nitrogen and oxygen atoms in total. The van der Waals surface area contributed by atoms with Crippen molar-refractivity contribution in [1.29, 1.82) is 0 Å². The van der Waals surface area contributed by atoms with Gasteiger partial charge in [-0.25, -0.2) is 0 Å². The molecule has 0 unspecified atom stereocenters. The molecule has 0 atom stereocenters. The van der Waals surface area contributed by atoms with Gasteiger partial charge in [0.1, 0.15) is 0 Å². The van der Waals surface area contributed by atoms with E-state index in [2.05, 4.69) is 78.3 Å². The van der Waals surface area contributed by atoms with Gasteiger partial charge in [-0.05, 0) is 55.5 Å². The predicted octanol–water partition coefficient (Wildman–Crippen LogP) is 3.09. The number of hydrogen-bond acceptors (Lipinski definition) is 2. The smallest absolute Gasteiger partial charge is 0.0476 e. The number of halogens is 1. The second kappa shape index (κ2) is 5.70. The number of hydrogen-bond donors (Lipinski definition) is 2. The van der Waals surface area contributed by atoms with Gasteiger partial charge in [-0.3, -0.25) is 0 Å². The minimum absolute atomic E-state index is 0.200. The lowest BCUT2D eigenvalue weighted by Gasteiger charge is -2.20. The molecule has 0 aromatic heterocycles. The monoisotopic (exact) mass is 318 g/mol. The Hall–Kier alpha value is -0.290. The zero-order chi connectivity index (χ0) is 11.3. The van der Waals surface area contributed by atoms with Crippen molar-refractivity contribution < 1.29 is 0 Å². The van der Waals surface area contributed by atoms with Crippen LogP contribution in [0.1, 0.15) is 20.8 Å². The molecule has 15 heavy (non-hydrogen) atoms. The summed E-state index contributed by atoms with van der Waals surface area (Å²) in [6.45, 7) is 8.48. The minimum atomic E-state index is 0.200. The van der Waals surface area contributed by atoms with Crippen molar-refractivity contribution in [3.05, 3.63) is 27.8 Å². The van der Waals surface area contributed by atoms with Crippen LogP contribution in [-0.2, 0) is 0 Å². The van der Waals surface area contributed by atoms with Gasteiger partial charge in [0.05, 0.1) is 0 Å². The van der Waals surface area contributed by atoms with Crippen molar-refractivity contribution in [3.63, 3.8) is 0 Å². The number of benzene rings is 1. The molecule has 0 aliphatic heterocycles. The highest BCUT2D eigenvalue weighted by Gasteiger charge is 2.07. The maximum absolute atomic E-state index is 3.45. The SMILES string of the molecule is CC(C)(C)NCCNc1ccccc1I. The van der Waals surface area contributed by atoms with Crippen LogP contribution in [0.25, 0.3) is 0 Å². The van der Waals surface area contributed by atoms with Crippen molar-refractivity contribution in [1.82, 2.24) is 5.32 Å². The summed E-state index contributed by atoms with van der Waals surface area (Å²) in [6, 6.07) is 8.33. The molecular formula is C12H19IN2. The van der Waals surface area contributed by atoms with Gasteiger partial charge in [0.15, 0.2) is 0 Å². The molecule has 0 saturated heterocycles. The van der Waals surface area contributed by atoms with Gasteiger partial charge in [0.2, 0.25) is 0 Å². The number of rotatable bonds is 4. The largest absolute Gasteiger partial charge is 0.383 e. The van der Waals surface area contributed by atoms with Crippen LogP contribution in [0.4, 0.5) is 5.69 Å². The molecule has 1 aromatic carbocycles. The fraction of sp³-hybridized carbons (Fsp3) is 0.500. The van der Waals surface area contributed by atoms with Crippen LogP contribution in [0.3, 0.4) is 0 Å². The molecule has 0 aliphatic carbocycles. The van der Waals surface area contributed by atoms with Crippen LogP contribution < -0.4 is 10.6 Å². The maximum Gasteiger partial charge on any atom is 0.0476 e. The Morgan fingerprint density at radius 1 is 1.13 bits per heavy atom. The van der Waals surface area contributed by atoms with E-state index in [-0.39, 0.29) is 5.54 Å². The highest BCUT2D eigenvalue weighted by Crippen LogP contribution is 2.16. The van der Waals surface area contributed by atoms with E-state index >= 15 is 0 Å². The third-order valence-electron chi connectivity index (χ3n) is 1.97. The summed E-state index contributed by atoms with van der Waals surface area (Å²) in [4.78, 5) is 0. The van der Waals surface area contributed by atoms with Crippen LogP contribution in [0.5, 0.6) is 0 Å². The minimum Gasteiger partial charge on any atom is -0.383 e. The quantitative estimate of drug-likeness (QED) is 0.658. The maximum atomic E-state index is 3.45. The molecule has 1 aromatic rings. The normalized spacial score (nSPS) is 11.5. The summed E-state index contributed by atoms with van der Waals surface area (Å²) in [5, 5.41) is 6.86. The molecule has 0 radical (unpaired) electrons. The summed E-state index contributed by atoms with van der Waals surface area (Å²) in [6.07, 6.45) is 0. The van der Waals surface area contributed by atoms with Crippen molar-refractivity contribution in [2.24, 2.45) is 0 Å². The van der Waals surface area contributed by atoms with Gasteiger partial charge in [-0.15, -0.1) is 0 Å². The van der Waals surface area contributed by atoms with E-state index in [0.29, 0.717) is 0 Å². The third-order valence-corrected chi connectivity index (χ3v) is 2.91. The lowest BCUT2D eigenvalue weighted by molar-refractivity contribution is 0.435. The molecule has 0 aliphatic rings. The van der Waals surface area contributed by atoms with Crippen LogP contribution in [-0.4, -0.2) is 18.6 Å². The fourth-order valence-corrected chi connectivity index (χ4v) is 1.82. The Kier molecular flexibility index (Phi) is 4.86. The van der Waals surface area contributed by atoms with Crippen molar-refractivity contribution >= 4 is 28.3 Å². The second-order valence-electron chi connectivity index (χ2n) is 4.58. The van der Waals surface area contributed by atoms with Crippen LogP contribution in [0, 0.1) is 3.57 Å². The molecule has 0 spiro atoms. The average Bonchev–Trinajstić information content (AvgIpc) is 2.13. The molecule has 2 N–H and O–H groups in total. The molecule has 0 heterocycles. The standard InChI is InChI=1S/C12H19IN2/c1-12(2,3)15-9-8-14-11-7-5-4-6-10(11)13/h4-7,14-15H,8-9H2,1-3H3. The van der Waals surface area contributed by atoms with E-state index in [0.717, 1.165) is 13.1 Å². The van der Waals surface area contributed by atoms with E-state index in [1.807, 2.05) is 0 Å². The summed E-state index contributed by atoms with van der Waals surface area (Å²) in [5.74, 6) is 0. The van der Waals surface area contributed by atoms with E-state index in [1.165, 1.54) is 9.26 Å². The van der Waals surface area contributed by atoms with E-state index in [4.69, 9.17) is 0 Å². The predicted molar refractivity (Wildman–Crippen MR) is 75.4 cm³/mol. The summed E-state index contributed by atoms with van der Waals surface area (Å²) in [5.41, 5.74) is 1.42. The van der Waals surface area contributed by atoms with Crippen molar-refractivity contribution in [2.45, 2.75) is 26.3 Å². The first kappa shape index (κ1) is 12.8. The lowest BCUT2D eigenvalue weighted by atomic mass is 10.1. The van der Waals surface area contributed by atoms with E-state index < -0.39 is 0 Å². The highest BCUT2D eigenvalue weighted by atomic mass is 127. The zero-order valence-corrected chi connectivity index (χ0v) is 11.8. The molecule has 0 amide bonds. The van der Waals surface area contributed by atoms with Gasteiger partial charge < -0.3 is 10.6 Å². The van der Waals surface area contributed by atoms with Crippen LogP contribution >= 0.6 is 22.6 Å². The molecule has 0 fully saturated rings. The summed E-state index contributed by atoms with van der Waals surface area (Å²) in [7, 11) is 0. The molecule has 1 rings (SSSR count). The van der Waals surface area contributed by atoms with Crippen molar-refractivity contribution in [3.8, 4) is 0 Å². The first-order valence-corrected chi connectivity index (χ1v) is 6.30. The van der Waals surface area contributed by atoms with Gasteiger partial charge in [0, 0.05) is 27.9 Å². The molecule has 0 saturated carbocycles. The summed E-state index contributed by atoms with van der Waals surface area (Å²) >= 11 is 2.35. The third kappa shape index (κ3) is 5.37. The average molecular weight is 318 g/mol. The van der Waals surface area contributed by atoms with E-state index in [1.54, 1.807) is 0 Å². The van der Waals surface area contributed by atoms with Gasteiger partial charge in [-0.1, -0.05) is 12.1 Å². The Labute approximate surface area is 106 Å². The van der Waals surface area contributed by atoms with Gasteiger partial charge in [0.25, 0.3) is 0 Å². The topological polar surface area (TPSA) is 24.1 Å². The molecule has 84 valence electrons. The number of para-hydroxylation sites is 1. The fourth-order valence-electron chi connectivity index (χ4n) is 1.24. The lowest BCUT2D eigenvalue weighted by Crippen LogP contribution is -2.38. The van der Waals surface area contributed by atoms with E-state index in [9.17, 15) is 0 Å². The van der Waals surface area contributed by atoms with Crippen LogP contribution in [0.2, 0.25) is 0 Å². The number of anilines is 1. The zero-order valence-electron chi connectivity index (χ0n) is 9.60. The molecule has 3 heteroatoms. The van der Waals surface area contributed by atoms with Gasteiger partial charge in [-0.2, -0.15) is 0 Å².